The van der Waals surface area contributed by atoms with Crippen LogP contribution < -0.4 is 0 Å². The van der Waals surface area contributed by atoms with E-state index in [1.807, 2.05) is 44.2 Å². The molecule has 0 amide bonds. The quantitative estimate of drug-likeness (QED) is 0.812. The molecule has 96 valence electrons. The first kappa shape index (κ1) is 14.0. The Morgan fingerprint density at radius 3 is 1.94 bits per heavy atom. The highest BCUT2D eigenvalue weighted by atomic mass is 16.4. The van der Waals surface area contributed by atoms with Gasteiger partial charge in [-0.3, -0.25) is 0 Å². The van der Waals surface area contributed by atoms with Crippen molar-refractivity contribution in [1.29, 1.82) is 0 Å². The van der Waals surface area contributed by atoms with Gasteiger partial charge in [-0.15, -0.1) is 0 Å². The lowest BCUT2D eigenvalue weighted by atomic mass is 10.1. The summed E-state index contributed by atoms with van der Waals surface area (Å²) >= 11 is 0. The second-order valence-corrected chi connectivity index (χ2v) is 4.36. The number of hydrogen-bond acceptors (Lipinski definition) is 3. The first-order chi connectivity index (χ1) is 8.41. The molecule has 0 bridgehead atoms. The molecule has 2 aromatic carbocycles. The van der Waals surface area contributed by atoms with E-state index in [1.165, 1.54) is 12.1 Å². The minimum atomic E-state index is -1.12. The molecule has 0 heterocycles. The summed E-state index contributed by atoms with van der Waals surface area (Å²) < 4.78 is 0. The number of aromatic hydroxyl groups is 1. The molecule has 0 radical (unpaired) electrons. The summed E-state index contributed by atoms with van der Waals surface area (Å²) in [7, 11) is 6.00. The average Bonchev–Trinajstić information content (AvgIpc) is 2.27. The predicted octanol–water partition coefficient (Wildman–Crippen LogP) is 2.42. The van der Waals surface area contributed by atoms with Crippen molar-refractivity contribution in [3.05, 3.63) is 42.0 Å². The van der Waals surface area contributed by atoms with Gasteiger partial charge in [-0.05, 0) is 44.0 Å². The topological polar surface area (TPSA) is 60.8 Å². The zero-order valence-electron chi connectivity index (χ0n) is 10.7. The van der Waals surface area contributed by atoms with E-state index in [2.05, 4.69) is 0 Å². The van der Waals surface area contributed by atoms with Crippen molar-refractivity contribution in [3.8, 4) is 5.75 Å². The number of fused-ring (bicyclic) bond motifs is 1. The number of hydrogen-bond donors (Lipinski definition) is 2. The van der Waals surface area contributed by atoms with Gasteiger partial charge in [0.05, 0.1) is 0 Å². The molecule has 2 aromatic rings. The van der Waals surface area contributed by atoms with Gasteiger partial charge in [-0.25, -0.2) is 4.79 Å². The number of carbonyl (C=O) groups is 1. The first-order valence-corrected chi connectivity index (χ1v) is 5.48. The van der Waals surface area contributed by atoms with Gasteiger partial charge in [0.2, 0.25) is 0 Å². The molecule has 0 spiro atoms. The number of rotatable bonds is 1. The monoisotopic (exact) mass is 247 g/mol. The molecule has 0 unspecified atom stereocenters. The van der Waals surface area contributed by atoms with Gasteiger partial charge in [-0.2, -0.15) is 0 Å². The number of nitrogens with zero attached hydrogens (tertiary/aromatic N) is 1. The summed E-state index contributed by atoms with van der Waals surface area (Å²) in [5.41, 5.74) is -0.0660. The Morgan fingerprint density at radius 2 is 1.50 bits per heavy atom. The molecule has 0 aliphatic rings. The Kier molecular flexibility index (Phi) is 4.68. The van der Waals surface area contributed by atoms with Crippen LogP contribution in [-0.2, 0) is 0 Å². The van der Waals surface area contributed by atoms with Gasteiger partial charge in [0, 0.05) is 0 Å². The third kappa shape index (κ3) is 3.75. The van der Waals surface area contributed by atoms with Crippen molar-refractivity contribution in [2.45, 2.75) is 0 Å². The van der Waals surface area contributed by atoms with Crippen molar-refractivity contribution < 1.29 is 15.0 Å². The molecule has 4 heteroatoms. The highest BCUT2D eigenvalue weighted by Gasteiger charge is 2.09. The summed E-state index contributed by atoms with van der Waals surface area (Å²) in [5.74, 6) is -1.32. The number of aromatic carboxylic acids is 1. The van der Waals surface area contributed by atoms with E-state index < -0.39 is 5.97 Å². The Labute approximate surface area is 106 Å². The highest BCUT2D eigenvalue weighted by molar-refractivity contribution is 5.97. The van der Waals surface area contributed by atoms with Crippen LogP contribution in [0.1, 0.15) is 10.4 Å². The molecule has 0 atom stereocenters. The summed E-state index contributed by atoms with van der Waals surface area (Å²) in [6, 6.07) is 10.2. The van der Waals surface area contributed by atoms with Crippen LogP contribution in [0.3, 0.4) is 0 Å². The molecule has 0 saturated heterocycles. The lowest BCUT2D eigenvalue weighted by molar-refractivity contribution is 0.0694. The van der Waals surface area contributed by atoms with Crippen LogP contribution in [0.5, 0.6) is 5.75 Å². The van der Waals surface area contributed by atoms with E-state index in [-0.39, 0.29) is 11.3 Å². The van der Waals surface area contributed by atoms with Gasteiger partial charge in [0.25, 0.3) is 0 Å². The lowest BCUT2D eigenvalue weighted by Gasteiger charge is -2.02. The molecule has 2 rings (SSSR count). The third-order valence-corrected chi connectivity index (χ3v) is 2.09. The van der Waals surface area contributed by atoms with Crippen LogP contribution in [0.15, 0.2) is 36.4 Å². The normalized spacial score (nSPS) is 10.0. The fraction of sp³-hybridized carbons (Fsp3) is 0.214. The highest BCUT2D eigenvalue weighted by Crippen LogP contribution is 2.24. The maximum atomic E-state index is 10.7. The van der Waals surface area contributed by atoms with Crippen molar-refractivity contribution in [3.63, 3.8) is 0 Å². The number of carboxylic acid groups (broad SMARTS) is 1. The predicted molar refractivity (Wildman–Crippen MR) is 72.2 cm³/mol. The zero-order chi connectivity index (χ0) is 13.7. The summed E-state index contributed by atoms with van der Waals surface area (Å²) in [4.78, 5) is 12.7. The maximum absolute atomic E-state index is 10.7. The summed E-state index contributed by atoms with van der Waals surface area (Å²) in [6.45, 7) is 0. The van der Waals surface area contributed by atoms with E-state index in [0.29, 0.717) is 0 Å². The largest absolute Gasteiger partial charge is 0.507 e. The fourth-order valence-corrected chi connectivity index (χ4v) is 1.40. The Balaban J connectivity index is 0.000000357. The third-order valence-electron chi connectivity index (χ3n) is 2.09. The van der Waals surface area contributed by atoms with E-state index >= 15 is 0 Å². The second kappa shape index (κ2) is 6.02. The molecule has 0 aliphatic carbocycles. The van der Waals surface area contributed by atoms with Crippen molar-refractivity contribution >= 4 is 16.7 Å². The SMILES string of the molecule is CN(C)C.O=C(O)c1cc2ccccc2cc1O. The molecule has 0 aromatic heterocycles. The summed E-state index contributed by atoms with van der Waals surface area (Å²) in [6.07, 6.45) is 0. The first-order valence-electron chi connectivity index (χ1n) is 5.48. The van der Waals surface area contributed by atoms with Crippen molar-refractivity contribution in [1.82, 2.24) is 4.90 Å². The average molecular weight is 247 g/mol. The van der Waals surface area contributed by atoms with Crippen molar-refractivity contribution in [2.24, 2.45) is 0 Å². The van der Waals surface area contributed by atoms with E-state index in [9.17, 15) is 9.90 Å². The number of phenols is 1. The molecule has 0 fully saturated rings. The molecular weight excluding hydrogens is 230 g/mol. The number of carboxylic acids is 1. The number of benzene rings is 2. The molecule has 2 N–H and O–H groups in total. The second-order valence-electron chi connectivity index (χ2n) is 4.36. The zero-order valence-corrected chi connectivity index (χ0v) is 10.7. The van der Waals surface area contributed by atoms with Crippen LogP contribution in [0, 0.1) is 0 Å². The molecular formula is C14H17NO3. The van der Waals surface area contributed by atoms with Gasteiger partial charge < -0.3 is 15.1 Å². The van der Waals surface area contributed by atoms with Crippen LogP contribution >= 0.6 is 0 Å². The fourth-order valence-electron chi connectivity index (χ4n) is 1.40. The van der Waals surface area contributed by atoms with Crippen LogP contribution in [0.2, 0.25) is 0 Å². The summed E-state index contributed by atoms with van der Waals surface area (Å²) in [5, 5.41) is 19.8. The Bertz CT molecular complexity index is 547. The Hall–Kier alpha value is -2.07. The van der Waals surface area contributed by atoms with E-state index in [0.717, 1.165) is 10.8 Å². The van der Waals surface area contributed by atoms with Gasteiger partial charge in [0.1, 0.15) is 11.3 Å². The van der Waals surface area contributed by atoms with Crippen LogP contribution in [0.4, 0.5) is 0 Å². The van der Waals surface area contributed by atoms with Gasteiger partial charge in [-0.1, -0.05) is 24.3 Å². The standard InChI is InChI=1S/C11H8O3.C3H9N/c12-10-6-8-4-2-1-3-7(8)5-9(10)11(13)14;1-4(2)3/h1-6,12H,(H,13,14);1-3H3. The minimum Gasteiger partial charge on any atom is -0.507 e. The van der Waals surface area contributed by atoms with Crippen LogP contribution in [0.25, 0.3) is 10.8 Å². The lowest BCUT2D eigenvalue weighted by Crippen LogP contribution is -1.99. The van der Waals surface area contributed by atoms with E-state index in [4.69, 9.17) is 5.11 Å². The van der Waals surface area contributed by atoms with Gasteiger partial charge >= 0.3 is 5.97 Å². The van der Waals surface area contributed by atoms with E-state index in [1.54, 1.807) is 6.07 Å². The molecule has 18 heavy (non-hydrogen) atoms. The van der Waals surface area contributed by atoms with Gasteiger partial charge in [0.15, 0.2) is 0 Å². The molecule has 0 saturated carbocycles. The van der Waals surface area contributed by atoms with Crippen LogP contribution in [-0.4, -0.2) is 42.2 Å². The molecule has 4 nitrogen and oxygen atoms in total. The maximum Gasteiger partial charge on any atom is 0.339 e. The van der Waals surface area contributed by atoms with Crippen molar-refractivity contribution in [2.75, 3.05) is 21.1 Å². The minimum absolute atomic E-state index is 0.0660. The smallest absolute Gasteiger partial charge is 0.339 e. The Morgan fingerprint density at radius 1 is 1.06 bits per heavy atom. The molecule has 0 aliphatic heterocycles.